The average Bonchev–Trinajstić information content (AvgIpc) is 2.66. The standard InChI is InChI=1S/C16H15N/c1-10(2)15-13-8-4-6-11-5-3-7-12(16(11)13)14(15)9-17/h3-8,10,14-15H,1-2H3. The monoisotopic (exact) mass is 221 g/mol. The number of hydrogen-bond donors (Lipinski definition) is 0. The first-order valence-corrected chi connectivity index (χ1v) is 6.15. The molecular formula is C16H15N. The zero-order chi connectivity index (χ0) is 12.0. The van der Waals surface area contributed by atoms with E-state index in [1.54, 1.807) is 0 Å². The highest BCUT2D eigenvalue weighted by molar-refractivity contribution is 5.92. The van der Waals surface area contributed by atoms with E-state index in [2.05, 4.69) is 56.3 Å². The van der Waals surface area contributed by atoms with Crippen LogP contribution in [0.5, 0.6) is 0 Å². The van der Waals surface area contributed by atoms with Gasteiger partial charge < -0.3 is 0 Å². The van der Waals surface area contributed by atoms with Gasteiger partial charge in [0.25, 0.3) is 0 Å². The highest BCUT2D eigenvalue weighted by Gasteiger charge is 2.35. The van der Waals surface area contributed by atoms with Gasteiger partial charge in [-0.2, -0.15) is 5.26 Å². The summed E-state index contributed by atoms with van der Waals surface area (Å²) in [6.45, 7) is 4.42. The molecule has 1 nitrogen and oxygen atoms in total. The van der Waals surface area contributed by atoms with Gasteiger partial charge in [-0.15, -0.1) is 0 Å². The summed E-state index contributed by atoms with van der Waals surface area (Å²) in [6, 6.07) is 15.3. The lowest BCUT2D eigenvalue weighted by Crippen LogP contribution is -2.10. The molecule has 0 radical (unpaired) electrons. The van der Waals surface area contributed by atoms with Crippen LogP contribution in [0.1, 0.15) is 36.8 Å². The highest BCUT2D eigenvalue weighted by atomic mass is 14.4. The normalized spacial score (nSPS) is 22.0. The molecule has 2 aromatic rings. The number of benzene rings is 2. The van der Waals surface area contributed by atoms with Crippen molar-refractivity contribution in [2.45, 2.75) is 25.7 Å². The van der Waals surface area contributed by atoms with Crippen molar-refractivity contribution in [3.05, 3.63) is 47.5 Å². The molecule has 2 unspecified atom stereocenters. The fourth-order valence-electron chi connectivity index (χ4n) is 3.20. The molecule has 0 saturated carbocycles. The Hall–Kier alpha value is -1.81. The first kappa shape index (κ1) is 10.4. The minimum Gasteiger partial charge on any atom is -0.198 e. The van der Waals surface area contributed by atoms with Gasteiger partial charge in [-0.05, 0) is 27.8 Å². The summed E-state index contributed by atoms with van der Waals surface area (Å²) in [6.07, 6.45) is 0. The third-order valence-electron chi connectivity index (χ3n) is 3.88. The van der Waals surface area contributed by atoms with Crippen molar-refractivity contribution in [2.75, 3.05) is 0 Å². The smallest absolute Gasteiger partial charge is 0.0789 e. The van der Waals surface area contributed by atoms with Crippen LogP contribution < -0.4 is 0 Å². The van der Waals surface area contributed by atoms with Crippen LogP contribution in [0.25, 0.3) is 10.8 Å². The Morgan fingerprint density at radius 3 is 2.29 bits per heavy atom. The van der Waals surface area contributed by atoms with Crippen molar-refractivity contribution >= 4 is 10.8 Å². The second-order valence-corrected chi connectivity index (χ2v) is 5.17. The van der Waals surface area contributed by atoms with Crippen LogP contribution >= 0.6 is 0 Å². The van der Waals surface area contributed by atoms with Crippen molar-refractivity contribution in [3.8, 4) is 6.07 Å². The van der Waals surface area contributed by atoms with E-state index >= 15 is 0 Å². The first-order valence-electron chi connectivity index (χ1n) is 6.15. The molecule has 0 N–H and O–H groups in total. The van der Waals surface area contributed by atoms with Crippen LogP contribution in [0.2, 0.25) is 0 Å². The predicted octanol–water partition coefficient (Wildman–Crippen LogP) is 4.20. The number of hydrogen-bond acceptors (Lipinski definition) is 1. The van der Waals surface area contributed by atoms with E-state index in [1.807, 2.05) is 0 Å². The molecule has 2 aromatic carbocycles. The zero-order valence-corrected chi connectivity index (χ0v) is 10.1. The number of nitriles is 1. The highest BCUT2D eigenvalue weighted by Crippen LogP contribution is 2.49. The van der Waals surface area contributed by atoms with Crippen LogP contribution in [0.3, 0.4) is 0 Å². The lowest BCUT2D eigenvalue weighted by Gasteiger charge is -2.19. The van der Waals surface area contributed by atoms with E-state index < -0.39 is 0 Å². The SMILES string of the molecule is CC(C)C1c2cccc3cccc(c23)C1C#N. The van der Waals surface area contributed by atoms with E-state index in [4.69, 9.17) is 0 Å². The summed E-state index contributed by atoms with van der Waals surface area (Å²) >= 11 is 0. The Morgan fingerprint density at radius 2 is 1.71 bits per heavy atom. The molecule has 0 aromatic heterocycles. The fraction of sp³-hybridized carbons (Fsp3) is 0.312. The minimum absolute atomic E-state index is 0.0242. The van der Waals surface area contributed by atoms with Gasteiger partial charge >= 0.3 is 0 Å². The molecule has 1 heteroatoms. The number of nitrogens with zero attached hydrogens (tertiary/aromatic N) is 1. The predicted molar refractivity (Wildman–Crippen MR) is 69.9 cm³/mol. The topological polar surface area (TPSA) is 23.8 Å². The number of rotatable bonds is 1. The summed E-state index contributed by atoms with van der Waals surface area (Å²) in [5.74, 6) is 0.870. The van der Waals surface area contributed by atoms with Gasteiger partial charge in [0, 0.05) is 5.92 Å². The summed E-state index contributed by atoms with van der Waals surface area (Å²) in [4.78, 5) is 0. The molecule has 84 valence electrons. The van der Waals surface area contributed by atoms with Gasteiger partial charge in [-0.25, -0.2) is 0 Å². The zero-order valence-electron chi connectivity index (χ0n) is 10.1. The Kier molecular flexibility index (Phi) is 2.19. The maximum absolute atomic E-state index is 9.46. The van der Waals surface area contributed by atoms with Gasteiger partial charge in [0.1, 0.15) is 0 Å². The van der Waals surface area contributed by atoms with Crippen LogP contribution in [-0.4, -0.2) is 0 Å². The Bertz CT molecular complexity index is 614. The van der Waals surface area contributed by atoms with E-state index in [9.17, 15) is 5.26 Å². The molecule has 3 rings (SSSR count). The molecular weight excluding hydrogens is 206 g/mol. The van der Waals surface area contributed by atoms with E-state index in [0.29, 0.717) is 11.8 Å². The molecule has 0 fully saturated rings. The molecule has 0 amide bonds. The van der Waals surface area contributed by atoms with Gasteiger partial charge in [0.2, 0.25) is 0 Å². The maximum Gasteiger partial charge on any atom is 0.0789 e. The third kappa shape index (κ3) is 1.31. The van der Waals surface area contributed by atoms with Crippen molar-refractivity contribution in [1.29, 1.82) is 5.26 Å². The lowest BCUT2D eigenvalue weighted by atomic mass is 9.82. The van der Waals surface area contributed by atoms with Gasteiger partial charge in [-0.3, -0.25) is 0 Å². The molecule has 2 atom stereocenters. The van der Waals surface area contributed by atoms with Gasteiger partial charge in [-0.1, -0.05) is 50.2 Å². The van der Waals surface area contributed by atoms with Crippen LogP contribution in [0.15, 0.2) is 36.4 Å². The Labute approximate surface area is 102 Å². The van der Waals surface area contributed by atoms with Crippen LogP contribution in [-0.2, 0) is 0 Å². The summed E-state index contributed by atoms with van der Waals surface area (Å²) in [5.41, 5.74) is 2.58. The van der Waals surface area contributed by atoms with E-state index in [1.165, 1.54) is 21.9 Å². The molecule has 1 aliphatic rings. The molecule has 0 bridgehead atoms. The van der Waals surface area contributed by atoms with Crippen molar-refractivity contribution in [2.24, 2.45) is 5.92 Å². The van der Waals surface area contributed by atoms with E-state index in [-0.39, 0.29) is 5.92 Å². The Morgan fingerprint density at radius 1 is 1.06 bits per heavy atom. The average molecular weight is 221 g/mol. The van der Waals surface area contributed by atoms with E-state index in [0.717, 1.165) is 0 Å². The maximum atomic E-state index is 9.46. The summed E-state index contributed by atoms with van der Waals surface area (Å²) < 4.78 is 0. The van der Waals surface area contributed by atoms with Crippen LogP contribution in [0.4, 0.5) is 0 Å². The molecule has 0 saturated heterocycles. The quantitative estimate of drug-likeness (QED) is 0.708. The molecule has 0 aliphatic heterocycles. The van der Waals surface area contributed by atoms with Crippen molar-refractivity contribution in [1.82, 2.24) is 0 Å². The van der Waals surface area contributed by atoms with Crippen molar-refractivity contribution in [3.63, 3.8) is 0 Å². The molecule has 17 heavy (non-hydrogen) atoms. The molecule has 0 heterocycles. The molecule has 0 spiro atoms. The third-order valence-corrected chi connectivity index (χ3v) is 3.88. The second-order valence-electron chi connectivity index (χ2n) is 5.17. The lowest BCUT2D eigenvalue weighted by molar-refractivity contribution is 0.481. The van der Waals surface area contributed by atoms with Crippen molar-refractivity contribution < 1.29 is 0 Å². The fourth-order valence-corrected chi connectivity index (χ4v) is 3.20. The molecule has 1 aliphatic carbocycles. The first-order chi connectivity index (χ1) is 8.24. The summed E-state index contributed by atoms with van der Waals surface area (Å²) in [5, 5.41) is 12.0. The van der Waals surface area contributed by atoms with Gasteiger partial charge in [0.05, 0.1) is 12.0 Å². The minimum atomic E-state index is 0.0242. The Balaban J connectivity index is 2.37. The van der Waals surface area contributed by atoms with Gasteiger partial charge in [0.15, 0.2) is 0 Å². The van der Waals surface area contributed by atoms with Crippen LogP contribution in [0, 0.1) is 17.2 Å². The summed E-state index contributed by atoms with van der Waals surface area (Å²) in [7, 11) is 0. The second kappa shape index (κ2) is 3.60. The largest absolute Gasteiger partial charge is 0.198 e.